The topological polar surface area (TPSA) is 47.6 Å². The summed E-state index contributed by atoms with van der Waals surface area (Å²) in [5.41, 5.74) is 0.827. The Morgan fingerprint density at radius 3 is 2.91 bits per heavy atom. The molecule has 1 aromatic carbocycles. The Kier molecular flexibility index (Phi) is 6.30. The van der Waals surface area contributed by atoms with Gasteiger partial charge in [-0.3, -0.25) is 4.79 Å². The van der Waals surface area contributed by atoms with Crippen LogP contribution in [0.4, 0.5) is 4.39 Å². The lowest BCUT2D eigenvalue weighted by molar-refractivity contribution is 0.0688. The predicted molar refractivity (Wildman–Crippen MR) is 86.2 cm³/mol. The van der Waals surface area contributed by atoms with E-state index in [2.05, 4.69) is 5.32 Å². The highest BCUT2D eigenvalue weighted by Gasteiger charge is 2.15. The number of thiophene rings is 1. The third kappa shape index (κ3) is 4.25. The van der Waals surface area contributed by atoms with Crippen LogP contribution in [0.3, 0.4) is 0 Å². The van der Waals surface area contributed by atoms with Gasteiger partial charge in [0.1, 0.15) is 5.82 Å². The monoisotopic (exact) mass is 325 g/mol. The van der Waals surface area contributed by atoms with E-state index in [-0.39, 0.29) is 11.7 Å². The molecule has 2 aromatic rings. The lowest BCUT2D eigenvalue weighted by atomic mass is 10.1. The lowest BCUT2D eigenvalue weighted by Crippen LogP contribution is -2.25. The van der Waals surface area contributed by atoms with E-state index in [0.717, 1.165) is 22.1 Å². The maximum Gasteiger partial charge on any atom is 0.261 e. The largest absolute Gasteiger partial charge is 0.382 e. The molecule has 0 spiro atoms. The fourth-order valence-corrected chi connectivity index (χ4v) is 3.22. The summed E-state index contributed by atoms with van der Waals surface area (Å²) >= 11 is 1.39. The Hall–Kier alpha value is -1.50. The van der Waals surface area contributed by atoms with Gasteiger partial charge in [0, 0.05) is 25.0 Å². The molecule has 22 heavy (non-hydrogen) atoms. The van der Waals surface area contributed by atoms with Crippen molar-refractivity contribution in [2.75, 3.05) is 33.5 Å². The number of aryl methyl sites for hydroxylation is 1. The molecule has 0 unspecified atom stereocenters. The van der Waals surface area contributed by atoms with Crippen molar-refractivity contribution >= 4 is 27.3 Å². The van der Waals surface area contributed by atoms with Crippen molar-refractivity contribution in [2.45, 2.75) is 13.3 Å². The third-order valence-corrected chi connectivity index (χ3v) is 4.56. The van der Waals surface area contributed by atoms with E-state index >= 15 is 0 Å². The molecule has 120 valence electrons. The number of halogens is 1. The van der Waals surface area contributed by atoms with E-state index in [0.29, 0.717) is 31.2 Å². The molecule has 2 rings (SSSR count). The molecule has 0 saturated heterocycles. The maximum absolute atomic E-state index is 13.3. The van der Waals surface area contributed by atoms with E-state index in [9.17, 15) is 9.18 Å². The smallest absolute Gasteiger partial charge is 0.261 e. The van der Waals surface area contributed by atoms with E-state index < -0.39 is 0 Å². The first-order valence-corrected chi connectivity index (χ1v) is 7.98. The Balaban J connectivity index is 1.86. The van der Waals surface area contributed by atoms with Gasteiger partial charge in [-0.05, 0) is 42.5 Å². The number of nitrogens with one attached hydrogen (secondary N) is 1. The molecule has 1 heterocycles. The zero-order valence-electron chi connectivity index (χ0n) is 12.8. The van der Waals surface area contributed by atoms with Crippen LogP contribution in [0, 0.1) is 12.7 Å². The van der Waals surface area contributed by atoms with Crippen molar-refractivity contribution in [2.24, 2.45) is 0 Å². The highest BCUT2D eigenvalue weighted by Crippen LogP contribution is 2.31. The average molecular weight is 325 g/mol. The fraction of sp³-hybridized carbons (Fsp3) is 0.438. The number of methoxy groups -OCH3 is 1. The van der Waals surface area contributed by atoms with Crippen molar-refractivity contribution in [3.05, 3.63) is 34.5 Å². The molecule has 0 atom stereocenters. The fourth-order valence-electron chi connectivity index (χ4n) is 2.11. The maximum atomic E-state index is 13.3. The second-order valence-corrected chi connectivity index (χ2v) is 5.96. The van der Waals surface area contributed by atoms with Crippen LogP contribution in [0.2, 0.25) is 0 Å². The normalized spacial score (nSPS) is 11.0. The van der Waals surface area contributed by atoms with E-state index in [4.69, 9.17) is 9.47 Å². The van der Waals surface area contributed by atoms with Gasteiger partial charge in [-0.2, -0.15) is 0 Å². The van der Waals surface area contributed by atoms with Crippen LogP contribution < -0.4 is 5.32 Å². The number of hydrogen-bond donors (Lipinski definition) is 1. The van der Waals surface area contributed by atoms with Gasteiger partial charge < -0.3 is 14.8 Å². The van der Waals surface area contributed by atoms with Crippen molar-refractivity contribution in [3.63, 3.8) is 0 Å². The molecule has 1 amide bonds. The summed E-state index contributed by atoms with van der Waals surface area (Å²) in [5, 5.41) is 3.68. The molecule has 0 aliphatic heterocycles. The third-order valence-electron chi connectivity index (χ3n) is 3.29. The van der Waals surface area contributed by atoms with E-state index in [1.807, 2.05) is 6.92 Å². The van der Waals surface area contributed by atoms with Crippen LogP contribution in [0.25, 0.3) is 10.1 Å². The van der Waals surface area contributed by atoms with Gasteiger partial charge in [0.25, 0.3) is 5.91 Å². The quantitative estimate of drug-likeness (QED) is 0.759. The molecule has 4 nitrogen and oxygen atoms in total. The van der Waals surface area contributed by atoms with Crippen LogP contribution in [-0.2, 0) is 9.47 Å². The molecule has 1 aromatic heterocycles. The Bertz CT molecular complexity index is 642. The number of amides is 1. The van der Waals surface area contributed by atoms with Crippen molar-refractivity contribution in [1.82, 2.24) is 5.32 Å². The van der Waals surface area contributed by atoms with E-state index in [1.54, 1.807) is 13.2 Å². The van der Waals surface area contributed by atoms with E-state index in [1.165, 1.54) is 23.5 Å². The minimum atomic E-state index is -0.284. The summed E-state index contributed by atoms with van der Waals surface area (Å²) in [6.45, 7) is 4.12. The zero-order valence-corrected chi connectivity index (χ0v) is 13.6. The minimum absolute atomic E-state index is 0.115. The average Bonchev–Trinajstić information content (AvgIpc) is 2.83. The summed E-state index contributed by atoms with van der Waals surface area (Å²) in [6.07, 6.45) is 0.744. The molecule has 0 bridgehead atoms. The van der Waals surface area contributed by atoms with Crippen LogP contribution in [0.5, 0.6) is 0 Å². The number of carbonyl (C=O) groups excluding carboxylic acids is 1. The van der Waals surface area contributed by atoms with Crippen LogP contribution >= 0.6 is 11.3 Å². The second-order valence-electron chi connectivity index (χ2n) is 4.91. The molecule has 0 aliphatic rings. The molecule has 0 saturated carbocycles. The van der Waals surface area contributed by atoms with Crippen molar-refractivity contribution in [1.29, 1.82) is 0 Å². The van der Waals surface area contributed by atoms with Crippen LogP contribution in [0.1, 0.15) is 21.7 Å². The van der Waals surface area contributed by atoms with Gasteiger partial charge in [-0.15, -0.1) is 11.3 Å². The minimum Gasteiger partial charge on any atom is -0.382 e. The number of hydrogen-bond acceptors (Lipinski definition) is 4. The predicted octanol–water partition coefficient (Wildman–Crippen LogP) is 3.13. The second kappa shape index (κ2) is 8.22. The zero-order chi connectivity index (χ0) is 15.9. The molecule has 0 aliphatic carbocycles. The van der Waals surface area contributed by atoms with Gasteiger partial charge in [0.2, 0.25) is 0 Å². The molecule has 6 heteroatoms. The Labute approximate surface area is 133 Å². The Morgan fingerprint density at radius 1 is 1.32 bits per heavy atom. The van der Waals surface area contributed by atoms with Gasteiger partial charge in [0.15, 0.2) is 0 Å². The Morgan fingerprint density at radius 2 is 2.14 bits per heavy atom. The molecule has 0 radical (unpaired) electrons. The first-order valence-electron chi connectivity index (χ1n) is 7.17. The van der Waals surface area contributed by atoms with Gasteiger partial charge >= 0.3 is 0 Å². The molecular formula is C16H20FNO3S. The lowest BCUT2D eigenvalue weighted by Gasteiger charge is -2.05. The summed E-state index contributed by atoms with van der Waals surface area (Å²) in [7, 11) is 1.63. The summed E-state index contributed by atoms with van der Waals surface area (Å²) < 4.78 is 24.4. The number of fused-ring (bicyclic) bond motifs is 1. The molecule has 0 fully saturated rings. The van der Waals surface area contributed by atoms with Gasteiger partial charge in [-0.1, -0.05) is 0 Å². The number of carbonyl (C=O) groups is 1. The summed E-state index contributed by atoms with van der Waals surface area (Å²) in [5.74, 6) is -0.399. The summed E-state index contributed by atoms with van der Waals surface area (Å²) in [6, 6.07) is 4.60. The SMILES string of the molecule is COCCOCCCNC(=O)c1sc2ccc(F)cc2c1C. The number of ether oxygens (including phenoxy) is 2. The highest BCUT2D eigenvalue weighted by molar-refractivity contribution is 7.21. The number of rotatable bonds is 8. The highest BCUT2D eigenvalue weighted by atomic mass is 32.1. The standard InChI is InChI=1S/C16H20FNO3S/c1-11-13-10-12(17)4-5-14(13)22-15(11)16(19)18-6-3-7-21-9-8-20-2/h4-5,10H,3,6-9H2,1-2H3,(H,18,19). The molecular weight excluding hydrogens is 305 g/mol. The van der Waals surface area contributed by atoms with Crippen molar-refractivity contribution < 1.29 is 18.7 Å². The molecule has 1 N–H and O–H groups in total. The van der Waals surface area contributed by atoms with Crippen molar-refractivity contribution in [3.8, 4) is 0 Å². The van der Waals surface area contributed by atoms with Crippen LogP contribution in [0.15, 0.2) is 18.2 Å². The number of benzene rings is 1. The summed E-state index contributed by atoms with van der Waals surface area (Å²) in [4.78, 5) is 12.8. The first-order chi connectivity index (χ1) is 10.6. The van der Waals surface area contributed by atoms with Crippen LogP contribution in [-0.4, -0.2) is 39.4 Å². The van der Waals surface area contributed by atoms with Gasteiger partial charge in [-0.25, -0.2) is 4.39 Å². The first kappa shape index (κ1) is 16.9. The van der Waals surface area contributed by atoms with Gasteiger partial charge in [0.05, 0.1) is 18.1 Å².